The van der Waals surface area contributed by atoms with Crippen LogP contribution in [0.1, 0.15) is 20.8 Å². The van der Waals surface area contributed by atoms with Crippen molar-refractivity contribution >= 4 is 12.7 Å². The number of hydrogen-bond acceptors (Lipinski definition) is 0. The Kier molecular flexibility index (Phi) is 4.81. The van der Waals surface area contributed by atoms with Crippen LogP contribution in [0.4, 0.5) is 0 Å². The fourth-order valence-electron chi connectivity index (χ4n) is 1.21. The fourth-order valence-corrected chi connectivity index (χ4v) is 3.63. The molecule has 0 aromatic carbocycles. The molecule has 0 aromatic heterocycles. The minimum atomic E-state index is -0.682. The Morgan fingerprint density at radius 2 is 1.50 bits per heavy atom. The van der Waals surface area contributed by atoms with E-state index in [0.29, 0.717) is 0 Å². The summed E-state index contributed by atoms with van der Waals surface area (Å²) in [6.07, 6.45) is 5.99. The van der Waals surface area contributed by atoms with E-state index < -0.39 is 6.89 Å². The van der Waals surface area contributed by atoms with Crippen LogP contribution in [-0.2, 0) is 0 Å². The molecular formula is C9H19P. The van der Waals surface area contributed by atoms with Crippen molar-refractivity contribution in [3.05, 3.63) is 12.7 Å². The highest BCUT2D eigenvalue weighted by Crippen LogP contribution is 2.45. The van der Waals surface area contributed by atoms with E-state index in [4.69, 9.17) is 0 Å². The van der Waals surface area contributed by atoms with Crippen molar-refractivity contribution < 1.29 is 0 Å². The zero-order valence-corrected chi connectivity index (χ0v) is 8.32. The normalized spacial score (nSPS) is 11.1. The van der Waals surface area contributed by atoms with Crippen LogP contribution in [0.3, 0.4) is 0 Å². The lowest BCUT2D eigenvalue weighted by Crippen LogP contribution is -1.95. The summed E-state index contributed by atoms with van der Waals surface area (Å²) < 4.78 is 0. The van der Waals surface area contributed by atoms with Crippen molar-refractivity contribution in [3.63, 3.8) is 0 Å². The summed E-state index contributed by atoms with van der Waals surface area (Å²) in [4.78, 5) is 0. The molecule has 60 valence electrons. The van der Waals surface area contributed by atoms with Gasteiger partial charge in [-0.15, -0.1) is 6.89 Å². The van der Waals surface area contributed by atoms with E-state index >= 15 is 0 Å². The van der Waals surface area contributed by atoms with Gasteiger partial charge in [-0.25, -0.2) is 0 Å². The number of rotatable bonds is 4. The number of allylic oxidation sites excluding steroid dienone is 1. The summed E-state index contributed by atoms with van der Waals surface area (Å²) in [6.45, 7) is 9.96. The van der Waals surface area contributed by atoms with Crippen LogP contribution in [-0.4, -0.2) is 24.3 Å². The first-order valence-electron chi connectivity index (χ1n) is 4.07. The van der Waals surface area contributed by atoms with Crippen molar-refractivity contribution in [1.82, 2.24) is 0 Å². The molecule has 0 bridgehead atoms. The molecule has 0 spiro atoms. The van der Waals surface area contributed by atoms with E-state index in [9.17, 15) is 0 Å². The van der Waals surface area contributed by atoms with E-state index in [1.54, 1.807) is 0 Å². The zero-order valence-electron chi connectivity index (χ0n) is 7.43. The molecule has 10 heavy (non-hydrogen) atoms. The van der Waals surface area contributed by atoms with Crippen LogP contribution in [0.25, 0.3) is 0 Å². The molecule has 0 heterocycles. The van der Waals surface area contributed by atoms with E-state index in [0.717, 1.165) is 0 Å². The Hall–Kier alpha value is 0.0400. The van der Waals surface area contributed by atoms with Gasteiger partial charge in [0.1, 0.15) is 0 Å². The molecular weight excluding hydrogens is 139 g/mol. The van der Waals surface area contributed by atoms with Crippen molar-refractivity contribution in [2.24, 2.45) is 0 Å². The van der Waals surface area contributed by atoms with Crippen LogP contribution in [0.15, 0.2) is 12.7 Å². The van der Waals surface area contributed by atoms with Crippen LogP contribution < -0.4 is 0 Å². The van der Waals surface area contributed by atoms with Gasteiger partial charge >= 0.3 is 0 Å². The highest BCUT2D eigenvalue weighted by Gasteiger charge is 2.06. The van der Waals surface area contributed by atoms with Crippen LogP contribution in [0.2, 0.25) is 0 Å². The molecule has 0 nitrogen and oxygen atoms in total. The van der Waals surface area contributed by atoms with E-state index in [-0.39, 0.29) is 0 Å². The standard InChI is InChI=1S/C9H19P/c1-5-9-10(6-2,7-3)8-4/h5,9H,1,6-8H2,2-4H3. The Morgan fingerprint density at radius 3 is 1.60 bits per heavy atom. The van der Waals surface area contributed by atoms with Crippen molar-refractivity contribution in [1.29, 1.82) is 0 Å². The quantitative estimate of drug-likeness (QED) is 0.551. The molecule has 0 aliphatic carbocycles. The fraction of sp³-hybridized carbons (Fsp3) is 0.667. The first kappa shape index (κ1) is 10.0. The lowest BCUT2D eigenvalue weighted by atomic mass is 10.8. The SMILES string of the molecule is C=CC=P(CC)(CC)CC. The molecule has 0 rings (SSSR count). The maximum Gasteiger partial charge on any atom is -0.0356 e. The van der Waals surface area contributed by atoms with Crippen LogP contribution in [0.5, 0.6) is 0 Å². The molecule has 0 saturated heterocycles. The second-order valence-electron chi connectivity index (χ2n) is 2.55. The molecule has 0 aromatic rings. The predicted molar refractivity (Wildman–Crippen MR) is 54.8 cm³/mol. The molecule has 0 aliphatic heterocycles. The van der Waals surface area contributed by atoms with E-state index in [2.05, 4.69) is 33.1 Å². The first-order valence-corrected chi connectivity index (χ1v) is 6.48. The molecule has 0 radical (unpaired) electrons. The van der Waals surface area contributed by atoms with Gasteiger partial charge in [0.15, 0.2) is 0 Å². The van der Waals surface area contributed by atoms with Gasteiger partial charge in [-0.1, -0.05) is 39.2 Å². The highest BCUT2D eigenvalue weighted by atomic mass is 31.2. The highest BCUT2D eigenvalue weighted by molar-refractivity contribution is 7.75. The second-order valence-corrected chi connectivity index (χ2v) is 7.18. The number of hydrogen-bond donors (Lipinski definition) is 0. The van der Waals surface area contributed by atoms with Gasteiger partial charge in [0.25, 0.3) is 0 Å². The smallest absolute Gasteiger partial charge is 0.0356 e. The molecule has 1 heteroatoms. The lowest BCUT2D eigenvalue weighted by Gasteiger charge is -2.19. The van der Waals surface area contributed by atoms with Gasteiger partial charge in [-0.3, -0.25) is 0 Å². The molecule has 0 N–H and O–H groups in total. The Balaban J connectivity index is 4.45. The van der Waals surface area contributed by atoms with Gasteiger partial charge in [0, 0.05) is 0 Å². The van der Waals surface area contributed by atoms with Crippen molar-refractivity contribution in [2.75, 3.05) is 18.5 Å². The second kappa shape index (κ2) is 4.79. The Labute approximate surface area is 65.3 Å². The Morgan fingerprint density at radius 1 is 1.10 bits per heavy atom. The molecule has 0 unspecified atom stereocenters. The summed E-state index contributed by atoms with van der Waals surface area (Å²) >= 11 is 0. The lowest BCUT2D eigenvalue weighted by molar-refractivity contribution is 1.34. The van der Waals surface area contributed by atoms with E-state index in [1.807, 2.05) is 6.08 Å². The summed E-state index contributed by atoms with van der Waals surface area (Å²) in [5, 5.41) is 0. The average molecular weight is 158 g/mol. The third-order valence-corrected chi connectivity index (χ3v) is 6.93. The monoisotopic (exact) mass is 158 g/mol. The van der Waals surface area contributed by atoms with Crippen LogP contribution >= 0.6 is 6.89 Å². The molecule has 0 saturated carbocycles. The summed E-state index contributed by atoms with van der Waals surface area (Å²) in [5.74, 6) is 2.35. The summed E-state index contributed by atoms with van der Waals surface area (Å²) in [7, 11) is 0. The maximum absolute atomic E-state index is 3.76. The van der Waals surface area contributed by atoms with E-state index in [1.165, 1.54) is 18.5 Å². The van der Waals surface area contributed by atoms with Gasteiger partial charge in [-0.05, 0) is 18.5 Å². The van der Waals surface area contributed by atoms with Crippen molar-refractivity contribution in [2.45, 2.75) is 20.8 Å². The molecule has 0 amide bonds. The van der Waals surface area contributed by atoms with Gasteiger partial charge in [0.2, 0.25) is 0 Å². The third kappa shape index (κ3) is 2.34. The maximum atomic E-state index is 3.76. The molecule has 0 aliphatic rings. The zero-order chi connectivity index (χ0) is 8.04. The first-order chi connectivity index (χ1) is 4.74. The van der Waals surface area contributed by atoms with Crippen LogP contribution in [0, 0.1) is 0 Å². The summed E-state index contributed by atoms with van der Waals surface area (Å²) in [5.41, 5.74) is 0. The topological polar surface area (TPSA) is 0 Å². The minimum Gasteiger partial charge on any atom is -0.106 e. The van der Waals surface area contributed by atoms with Gasteiger partial charge in [-0.2, -0.15) is 0 Å². The summed E-state index contributed by atoms with van der Waals surface area (Å²) in [6, 6.07) is 0. The minimum absolute atomic E-state index is 0.682. The molecule has 0 fully saturated rings. The predicted octanol–water partition coefficient (Wildman–Crippen LogP) is 3.05. The van der Waals surface area contributed by atoms with Gasteiger partial charge in [0.05, 0.1) is 0 Å². The Bertz CT molecular complexity index is 126. The molecule has 0 atom stereocenters. The third-order valence-electron chi connectivity index (χ3n) is 2.31. The van der Waals surface area contributed by atoms with Crippen molar-refractivity contribution in [3.8, 4) is 0 Å². The van der Waals surface area contributed by atoms with Gasteiger partial charge < -0.3 is 0 Å². The average Bonchev–Trinajstić information content (AvgIpc) is 2.01. The largest absolute Gasteiger partial charge is 0.106 e.